The van der Waals surface area contributed by atoms with Gasteiger partial charge in [-0.05, 0) is 36.2 Å². The van der Waals surface area contributed by atoms with Crippen LogP contribution in [0, 0.1) is 6.92 Å². The van der Waals surface area contributed by atoms with Gasteiger partial charge in [0, 0.05) is 10.9 Å². The normalized spacial score (nSPS) is 10.2. The summed E-state index contributed by atoms with van der Waals surface area (Å²) in [7, 11) is 0. The largest absolute Gasteiger partial charge is 0.478 e. The minimum absolute atomic E-state index is 0.334. The van der Waals surface area contributed by atoms with Crippen molar-refractivity contribution in [1.82, 2.24) is 4.37 Å². The molecule has 0 bridgehead atoms. The maximum absolute atomic E-state index is 10.9. The summed E-state index contributed by atoms with van der Waals surface area (Å²) >= 11 is 1.36. The highest BCUT2D eigenvalue weighted by Crippen LogP contribution is 2.24. The lowest BCUT2D eigenvalue weighted by Crippen LogP contribution is -2.00. The van der Waals surface area contributed by atoms with Gasteiger partial charge in [-0.2, -0.15) is 4.37 Å². The van der Waals surface area contributed by atoms with Crippen LogP contribution >= 0.6 is 11.5 Å². The molecule has 0 radical (unpaired) electrons. The second-order valence-corrected chi connectivity index (χ2v) is 3.83. The van der Waals surface area contributed by atoms with E-state index in [-0.39, 0.29) is 0 Å². The summed E-state index contributed by atoms with van der Waals surface area (Å²) < 4.78 is 4.20. The number of benzene rings is 1. The molecule has 2 aromatic rings. The monoisotopic (exact) mass is 219 g/mol. The van der Waals surface area contributed by atoms with Gasteiger partial charge in [0.2, 0.25) is 0 Å². The number of carboxylic acid groups (broad SMARTS) is 1. The highest BCUT2D eigenvalue weighted by atomic mass is 32.1. The Kier molecular flexibility index (Phi) is 2.51. The molecule has 0 unspecified atom stereocenters. The lowest BCUT2D eigenvalue weighted by Gasteiger charge is -2.05. The first-order valence-corrected chi connectivity index (χ1v) is 5.27. The Morgan fingerprint density at radius 1 is 1.40 bits per heavy atom. The zero-order valence-electron chi connectivity index (χ0n) is 8.10. The van der Waals surface area contributed by atoms with Crippen LogP contribution in [-0.2, 0) is 0 Å². The summed E-state index contributed by atoms with van der Waals surface area (Å²) in [6.45, 7) is 1.80. The van der Waals surface area contributed by atoms with Crippen molar-refractivity contribution in [3.05, 3.63) is 40.8 Å². The first-order chi connectivity index (χ1) is 7.20. The molecule has 0 amide bonds. The fourth-order valence-electron chi connectivity index (χ4n) is 1.50. The second-order valence-electron chi connectivity index (χ2n) is 3.17. The van der Waals surface area contributed by atoms with Crippen molar-refractivity contribution in [1.29, 1.82) is 0 Å². The maximum Gasteiger partial charge on any atom is 0.335 e. The van der Waals surface area contributed by atoms with E-state index in [2.05, 4.69) is 4.37 Å². The summed E-state index contributed by atoms with van der Waals surface area (Å²) in [5.74, 6) is -0.899. The average molecular weight is 219 g/mol. The third kappa shape index (κ3) is 1.76. The highest BCUT2D eigenvalue weighted by Gasteiger charge is 2.11. The van der Waals surface area contributed by atoms with E-state index in [4.69, 9.17) is 5.11 Å². The quantitative estimate of drug-likeness (QED) is 0.844. The van der Waals surface area contributed by atoms with Crippen molar-refractivity contribution in [2.75, 3.05) is 0 Å². The molecule has 1 N–H and O–H groups in total. The van der Waals surface area contributed by atoms with E-state index in [0.29, 0.717) is 5.56 Å². The van der Waals surface area contributed by atoms with Gasteiger partial charge in [-0.1, -0.05) is 12.1 Å². The van der Waals surface area contributed by atoms with E-state index >= 15 is 0 Å². The second kappa shape index (κ2) is 3.82. The van der Waals surface area contributed by atoms with Crippen LogP contribution in [0.1, 0.15) is 15.9 Å². The van der Waals surface area contributed by atoms with Crippen molar-refractivity contribution in [3.63, 3.8) is 0 Å². The number of rotatable bonds is 2. The SMILES string of the molecule is Cc1c(C(=O)O)cccc1-c1ccsn1. The van der Waals surface area contributed by atoms with E-state index < -0.39 is 5.97 Å². The number of aromatic nitrogens is 1. The maximum atomic E-state index is 10.9. The molecule has 0 fully saturated rings. The summed E-state index contributed by atoms with van der Waals surface area (Å²) in [6, 6.07) is 7.12. The molecule has 0 saturated heterocycles. The molecular weight excluding hydrogens is 210 g/mol. The van der Waals surface area contributed by atoms with Crippen molar-refractivity contribution >= 4 is 17.5 Å². The Bertz CT molecular complexity index is 491. The molecule has 3 nitrogen and oxygen atoms in total. The number of carboxylic acids is 1. The molecule has 15 heavy (non-hydrogen) atoms. The average Bonchev–Trinajstić information content (AvgIpc) is 2.70. The van der Waals surface area contributed by atoms with Crippen LogP contribution in [0.2, 0.25) is 0 Å². The first kappa shape index (κ1) is 9.86. The fourth-order valence-corrected chi connectivity index (χ4v) is 2.02. The Balaban J connectivity index is 2.59. The van der Waals surface area contributed by atoms with Crippen LogP contribution in [0.15, 0.2) is 29.6 Å². The Hall–Kier alpha value is -1.68. The highest BCUT2D eigenvalue weighted by molar-refractivity contribution is 7.03. The van der Waals surface area contributed by atoms with E-state index in [1.54, 1.807) is 19.1 Å². The zero-order valence-corrected chi connectivity index (χ0v) is 8.91. The summed E-state index contributed by atoms with van der Waals surface area (Å²) in [6.07, 6.45) is 0. The van der Waals surface area contributed by atoms with E-state index in [1.807, 2.05) is 17.5 Å². The lowest BCUT2D eigenvalue weighted by molar-refractivity contribution is 0.0696. The molecule has 1 heterocycles. The van der Waals surface area contributed by atoms with E-state index in [1.165, 1.54) is 11.5 Å². The predicted octanol–water partition coefficient (Wildman–Crippen LogP) is 2.82. The van der Waals surface area contributed by atoms with Gasteiger partial charge in [0.1, 0.15) is 0 Å². The Morgan fingerprint density at radius 3 is 2.80 bits per heavy atom. The van der Waals surface area contributed by atoms with Gasteiger partial charge in [0.05, 0.1) is 11.3 Å². The van der Waals surface area contributed by atoms with Crippen molar-refractivity contribution in [2.24, 2.45) is 0 Å². The van der Waals surface area contributed by atoms with Crippen LogP contribution in [0.3, 0.4) is 0 Å². The Morgan fingerprint density at radius 2 is 2.20 bits per heavy atom. The minimum Gasteiger partial charge on any atom is -0.478 e. The van der Waals surface area contributed by atoms with E-state index in [0.717, 1.165) is 16.8 Å². The zero-order chi connectivity index (χ0) is 10.8. The molecule has 0 saturated carbocycles. The molecule has 0 spiro atoms. The minimum atomic E-state index is -0.899. The van der Waals surface area contributed by atoms with Gasteiger partial charge in [0.15, 0.2) is 0 Å². The number of hydrogen-bond acceptors (Lipinski definition) is 3. The van der Waals surface area contributed by atoms with Gasteiger partial charge >= 0.3 is 5.97 Å². The van der Waals surface area contributed by atoms with Crippen molar-refractivity contribution < 1.29 is 9.90 Å². The first-order valence-electron chi connectivity index (χ1n) is 4.44. The molecule has 0 aliphatic heterocycles. The standard InChI is InChI=1S/C11H9NO2S/c1-7-8(10-5-6-15-12-10)3-2-4-9(7)11(13)14/h2-6H,1H3,(H,13,14). The number of carbonyl (C=O) groups is 1. The smallest absolute Gasteiger partial charge is 0.335 e. The molecule has 1 aromatic carbocycles. The number of hydrogen-bond donors (Lipinski definition) is 1. The third-order valence-corrected chi connectivity index (χ3v) is 2.84. The van der Waals surface area contributed by atoms with Crippen LogP contribution in [0.5, 0.6) is 0 Å². The van der Waals surface area contributed by atoms with Gasteiger partial charge in [-0.15, -0.1) is 0 Å². The van der Waals surface area contributed by atoms with Crippen LogP contribution in [-0.4, -0.2) is 15.4 Å². The fraction of sp³-hybridized carbons (Fsp3) is 0.0909. The molecule has 4 heteroatoms. The molecule has 76 valence electrons. The number of nitrogens with zero attached hydrogens (tertiary/aromatic N) is 1. The summed E-state index contributed by atoms with van der Waals surface area (Å²) in [5.41, 5.74) is 2.81. The van der Waals surface area contributed by atoms with Crippen LogP contribution in [0.4, 0.5) is 0 Å². The van der Waals surface area contributed by atoms with E-state index in [9.17, 15) is 4.79 Å². The molecule has 0 aliphatic rings. The van der Waals surface area contributed by atoms with Gasteiger partial charge in [0.25, 0.3) is 0 Å². The summed E-state index contributed by atoms with van der Waals surface area (Å²) in [4.78, 5) is 10.9. The van der Waals surface area contributed by atoms with Gasteiger partial charge in [-0.25, -0.2) is 4.79 Å². The third-order valence-electron chi connectivity index (χ3n) is 2.28. The molecule has 2 rings (SSSR count). The van der Waals surface area contributed by atoms with Gasteiger partial charge < -0.3 is 5.11 Å². The van der Waals surface area contributed by atoms with Crippen molar-refractivity contribution in [2.45, 2.75) is 6.92 Å². The molecule has 0 atom stereocenters. The molecule has 1 aromatic heterocycles. The molecule has 0 aliphatic carbocycles. The Labute approximate surface area is 91.2 Å². The predicted molar refractivity (Wildman–Crippen MR) is 59.2 cm³/mol. The van der Waals surface area contributed by atoms with Gasteiger partial charge in [-0.3, -0.25) is 0 Å². The lowest BCUT2D eigenvalue weighted by atomic mass is 10.0. The molecular formula is C11H9NO2S. The van der Waals surface area contributed by atoms with Crippen LogP contribution < -0.4 is 0 Å². The van der Waals surface area contributed by atoms with Crippen molar-refractivity contribution in [3.8, 4) is 11.3 Å². The summed E-state index contributed by atoms with van der Waals surface area (Å²) in [5, 5.41) is 10.8. The number of aromatic carboxylic acids is 1. The van der Waals surface area contributed by atoms with Crippen LogP contribution in [0.25, 0.3) is 11.3 Å². The topological polar surface area (TPSA) is 50.2 Å².